The number of carbonyl (C=O) groups excluding carboxylic acids is 1. The highest BCUT2D eigenvalue weighted by Crippen LogP contribution is 2.30. The minimum Gasteiger partial charge on any atom is -0.373 e. The summed E-state index contributed by atoms with van der Waals surface area (Å²) in [5, 5.41) is 3.90. The molecule has 0 saturated carbocycles. The Labute approximate surface area is 125 Å². The number of pyridine rings is 1. The normalized spacial score (nSPS) is 10.7. The van der Waals surface area contributed by atoms with Gasteiger partial charge in [0.25, 0.3) is 0 Å². The summed E-state index contributed by atoms with van der Waals surface area (Å²) in [4.78, 5) is 19.9. The molecule has 3 N–H and O–H groups in total. The minimum absolute atomic E-state index is 0.252. The lowest BCUT2D eigenvalue weighted by molar-refractivity contribution is -0.117. The Morgan fingerprint density at radius 2 is 2.19 bits per heavy atom. The van der Waals surface area contributed by atoms with Gasteiger partial charge in [0.15, 0.2) is 0 Å². The largest absolute Gasteiger partial charge is 0.373 e. The van der Waals surface area contributed by atoms with Crippen LogP contribution in [0.5, 0.6) is 0 Å². The van der Waals surface area contributed by atoms with Crippen molar-refractivity contribution in [3.8, 4) is 10.6 Å². The summed E-state index contributed by atoms with van der Waals surface area (Å²) in [6.45, 7) is 0. The number of hydrogen-bond donors (Lipinski definition) is 2. The molecule has 0 saturated heterocycles. The number of nitrogens with two attached hydrogens (primary N) is 1. The van der Waals surface area contributed by atoms with Crippen LogP contribution in [0.1, 0.15) is 5.56 Å². The molecule has 21 heavy (non-hydrogen) atoms. The van der Waals surface area contributed by atoms with Crippen LogP contribution in [0, 0.1) is 0 Å². The fourth-order valence-electron chi connectivity index (χ4n) is 2.07. The van der Waals surface area contributed by atoms with Crippen molar-refractivity contribution in [1.82, 2.24) is 9.97 Å². The molecule has 0 unspecified atom stereocenters. The molecule has 1 amide bonds. The van der Waals surface area contributed by atoms with Gasteiger partial charge in [0.05, 0.1) is 16.6 Å². The van der Waals surface area contributed by atoms with Crippen molar-refractivity contribution in [2.75, 3.05) is 12.4 Å². The predicted octanol–water partition coefficient (Wildman–Crippen LogP) is 2.43. The number of nitrogens with one attached hydrogen (secondary N) is 1. The Bertz CT molecular complexity index is 795. The van der Waals surface area contributed by atoms with Gasteiger partial charge in [-0.3, -0.25) is 4.79 Å². The second-order valence-electron chi connectivity index (χ2n) is 4.65. The van der Waals surface area contributed by atoms with Crippen LogP contribution in [-0.4, -0.2) is 22.9 Å². The molecule has 0 aliphatic rings. The van der Waals surface area contributed by atoms with Gasteiger partial charge >= 0.3 is 0 Å². The molecule has 2 aromatic heterocycles. The number of amides is 1. The molecule has 3 rings (SSSR count). The first-order chi connectivity index (χ1) is 10.2. The van der Waals surface area contributed by atoms with E-state index in [0.29, 0.717) is 0 Å². The summed E-state index contributed by atoms with van der Waals surface area (Å²) in [7, 11) is 1.83. The summed E-state index contributed by atoms with van der Waals surface area (Å²) in [5.41, 5.74) is 8.03. The lowest BCUT2D eigenvalue weighted by Gasteiger charge is -1.99. The molecule has 0 atom stereocenters. The average molecular weight is 298 g/mol. The zero-order valence-corrected chi connectivity index (χ0v) is 12.3. The van der Waals surface area contributed by atoms with Crippen LogP contribution in [0.15, 0.2) is 36.5 Å². The second-order valence-corrected chi connectivity index (χ2v) is 5.68. The van der Waals surface area contributed by atoms with Crippen LogP contribution >= 0.6 is 11.3 Å². The quantitative estimate of drug-likeness (QED) is 0.775. The number of rotatable bonds is 4. The van der Waals surface area contributed by atoms with Gasteiger partial charge < -0.3 is 11.1 Å². The van der Waals surface area contributed by atoms with Gasteiger partial charge in [0.2, 0.25) is 5.91 Å². The fourth-order valence-corrected chi connectivity index (χ4v) is 3.09. The van der Waals surface area contributed by atoms with E-state index in [2.05, 4.69) is 15.3 Å². The van der Waals surface area contributed by atoms with Crippen molar-refractivity contribution in [3.63, 3.8) is 0 Å². The van der Waals surface area contributed by atoms with Crippen molar-refractivity contribution in [3.05, 3.63) is 42.1 Å². The van der Waals surface area contributed by atoms with Gasteiger partial charge in [0.1, 0.15) is 10.8 Å². The molecule has 0 fully saturated rings. The molecular formula is C15H14N4OS. The van der Waals surface area contributed by atoms with Crippen molar-refractivity contribution < 1.29 is 4.79 Å². The van der Waals surface area contributed by atoms with E-state index in [1.54, 1.807) is 17.5 Å². The Balaban J connectivity index is 1.97. The highest BCUT2D eigenvalue weighted by Gasteiger charge is 2.08. The predicted molar refractivity (Wildman–Crippen MR) is 85.3 cm³/mol. The number of thiazole rings is 1. The molecule has 6 heteroatoms. The van der Waals surface area contributed by atoms with Gasteiger partial charge in [-0.25, -0.2) is 9.97 Å². The van der Waals surface area contributed by atoms with Crippen LogP contribution in [-0.2, 0) is 11.2 Å². The molecule has 106 valence electrons. The molecule has 0 radical (unpaired) electrons. The lowest BCUT2D eigenvalue weighted by Crippen LogP contribution is -2.13. The molecule has 0 aliphatic heterocycles. The van der Waals surface area contributed by atoms with Gasteiger partial charge in [-0.2, -0.15) is 0 Å². The Hall–Kier alpha value is -2.47. The number of carbonyl (C=O) groups is 1. The van der Waals surface area contributed by atoms with Crippen molar-refractivity contribution >= 4 is 33.3 Å². The molecule has 0 aliphatic carbocycles. The molecule has 0 spiro atoms. The van der Waals surface area contributed by atoms with E-state index in [1.165, 1.54) is 0 Å². The number of aromatic nitrogens is 2. The number of fused-ring (bicyclic) bond motifs is 1. The van der Waals surface area contributed by atoms with Crippen molar-refractivity contribution in [1.29, 1.82) is 0 Å². The Kier molecular flexibility index (Phi) is 3.53. The van der Waals surface area contributed by atoms with E-state index >= 15 is 0 Å². The van der Waals surface area contributed by atoms with Gasteiger partial charge in [0, 0.05) is 18.8 Å². The first-order valence-electron chi connectivity index (χ1n) is 6.47. The maximum atomic E-state index is 11.0. The molecule has 5 nitrogen and oxygen atoms in total. The Morgan fingerprint density at radius 3 is 2.86 bits per heavy atom. The zero-order chi connectivity index (χ0) is 14.8. The zero-order valence-electron chi connectivity index (χ0n) is 11.5. The van der Waals surface area contributed by atoms with E-state index < -0.39 is 0 Å². The first-order valence-corrected chi connectivity index (χ1v) is 7.29. The molecule has 1 aromatic carbocycles. The van der Waals surface area contributed by atoms with Crippen molar-refractivity contribution in [2.45, 2.75) is 6.42 Å². The molecule has 0 bridgehead atoms. The number of anilines is 1. The summed E-state index contributed by atoms with van der Waals surface area (Å²) in [5.74, 6) is 0.495. The molecule has 3 aromatic rings. The summed E-state index contributed by atoms with van der Waals surface area (Å²) in [6, 6.07) is 9.68. The average Bonchev–Trinajstić information content (AvgIpc) is 2.90. The minimum atomic E-state index is -0.328. The van der Waals surface area contributed by atoms with Gasteiger partial charge in [-0.1, -0.05) is 6.07 Å². The SMILES string of the molecule is CNc1ccc(-c2nc3ccc(CC(N)=O)cc3s2)cn1. The van der Waals surface area contributed by atoms with E-state index in [4.69, 9.17) is 5.73 Å². The second kappa shape index (κ2) is 5.49. The highest BCUT2D eigenvalue weighted by atomic mass is 32.1. The van der Waals surface area contributed by atoms with E-state index in [9.17, 15) is 4.79 Å². The van der Waals surface area contributed by atoms with Crippen molar-refractivity contribution in [2.24, 2.45) is 5.73 Å². The van der Waals surface area contributed by atoms with Crippen LogP contribution < -0.4 is 11.1 Å². The summed E-state index contributed by atoms with van der Waals surface area (Å²) >= 11 is 1.58. The third-order valence-corrected chi connectivity index (χ3v) is 4.17. The van der Waals surface area contributed by atoms with E-state index in [-0.39, 0.29) is 12.3 Å². The summed E-state index contributed by atoms with van der Waals surface area (Å²) in [6.07, 6.45) is 2.05. The monoisotopic (exact) mass is 298 g/mol. The molecular weight excluding hydrogens is 284 g/mol. The topological polar surface area (TPSA) is 80.9 Å². The first kappa shape index (κ1) is 13.5. The molecule has 2 heterocycles. The summed E-state index contributed by atoms with van der Waals surface area (Å²) < 4.78 is 1.04. The maximum absolute atomic E-state index is 11.0. The number of primary amides is 1. The van der Waals surface area contributed by atoms with Crippen LogP contribution in [0.2, 0.25) is 0 Å². The highest BCUT2D eigenvalue weighted by molar-refractivity contribution is 7.21. The van der Waals surface area contributed by atoms with Gasteiger partial charge in [-0.05, 0) is 29.8 Å². The third-order valence-electron chi connectivity index (χ3n) is 3.10. The third kappa shape index (κ3) is 2.85. The van der Waals surface area contributed by atoms with Crippen LogP contribution in [0.25, 0.3) is 20.8 Å². The van der Waals surface area contributed by atoms with Crippen LogP contribution in [0.3, 0.4) is 0 Å². The fraction of sp³-hybridized carbons (Fsp3) is 0.133. The number of benzene rings is 1. The smallest absolute Gasteiger partial charge is 0.221 e. The maximum Gasteiger partial charge on any atom is 0.221 e. The van der Waals surface area contributed by atoms with Crippen LogP contribution in [0.4, 0.5) is 5.82 Å². The number of nitrogens with zero attached hydrogens (tertiary/aromatic N) is 2. The lowest BCUT2D eigenvalue weighted by atomic mass is 10.1. The standard InChI is InChI=1S/C15H14N4OS/c1-17-14-5-3-10(8-18-14)15-19-11-4-2-9(7-13(16)20)6-12(11)21-15/h2-6,8H,7H2,1H3,(H2,16,20)(H,17,18). The van der Waals surface area contributed by atoms with E-state index in [0.717, 1.165) is 32.2 Å². The Morgan fingerprint density at radius 1 is 1.33 bits per heavy atom. The van der Waals surface area contributed by atoms with Gasteiger partial charge in [-0.15, -0.1) is 11.3 Å². The number of hydrogen-bond acceptors (Lipinski definition) is 5. The van der Waals surface area contributed by atoms with E-state index in [1.807, 2.05) is 37.4 Å².